The highest BCUT2D eigenvalue weighted by atomic mass is 32.2. The highest BCUT2D eigenvalue weighted by Gasteiger charge is 2.24. The summed E-state index contributed by atoms with van der Waals surface area (Å²) in [6, 6.07) is 8.87. The van der Waals surface area contributed by atoms with Crippen molar-refractivity contribution >= 4 is 11.8 Å². The van der Waals surface area contributed by atoms with E-state index < -0.39 is 0 Å². The Hall–Kier alpha value is -0.470. The van der Waals surface area contributed by atoms with Gasteiger partial charge in [-0.3, -0.25) is 0 Å². The van der Waals surface area contributed by atoms with E-state index in [4.69, 9.17) is 5.73 Å². The SMILES string of the molecule is Cc1ccc(SC2CCCCC2CN)cc1. The van der Waals surface area contributed by atoms with Gasteiger partial charge >= 0.3 is 0 Å². The minimum absolute atomic E-state index is 0.722. The quantitative estimate of drug-likeness (QED) is 0.866. The predicted octanol–water partition coefficient (Wildman–Crippen LogP) is 3.60. The number of rotatable bonds is 3. The zero-order valence-corrected chi connectivity index (χ0v) is 10.8. The highest BCUT2D eigenvalue weighted by Crippen LogP contribution is 2.36. The molecule has 0 radical (unpaired) electrons. The summed E-state index contributed by atoms with van der Waals surface area (Å²) >= 11 is 2.03. The van der Waals surface area contributed by atoms with Crippen molar-refractivity contribution in [2.24, 2.45) is 11.7 Å². The fraction of sp³-hybridized carbons (Fsp3) is 0.571. The van der Waals surface area contributed by atoms with Crippen LogP contribution in [0.2, 0.25) is 0 Å². The Morgan fingerprint density at radius 2 is 1.88 bits per heavy atom. The third kappa shape index (κ3) is 3.02. The van der Waals surface area contributed by atoms with Crippen LogP contribution in [0.5, 0.6) is 0 Å². The van der Waals surface area contributed by atoms with E-state index in [0.29, 0.717) is 0 Å². The molecule has 1 nitrogen and oxygen atoms in total. The summed E-state index contributed by atoms with van der Waals surface area (Å²) in [6.07, 6.45) is 5.40. The van der Waals surface area contributed by atoms with E-state index in [2.05, 4.69) is 31.2 Å². The molecule has 0 aliphatic heterocycles. The maximum atomic E-state index is 5.86. The summed E-state index contributed by atoms with van der Waals surface area (Å²) in [5, 5.41) is 0.737. The molecule has 1 fully saturated rings. The predicted molar refractivity (Wildman–Crippen MR) is 71.8 cm³/mol. The van der Waals surface area contributed by atoms with Gasteiger partial charge < -0.3 is 5.73 Å². The molecule has 16 heavy (non-hydrogen) atoms. The average molecular weight is 235 g/mol. The fourth-order valence-corrected chi connectivity index (χ4v) is 3.76. The van der Waals surface area contributed by atoms with Crippen molar-refractivity contribution in [3.05, 3.63) is 29.8 Å². The molecule has 1 aromatic rings. The molecule has 2 rings (SSSR count). The van der Waals surface area contributed by atoms with Crippen LogP contribution in [0.4, 0.5) is 0 Å². The second-order valence-corrected chi connectivity index (χ2v) is 6.06. The van der Waals surface area contributed by atoms with E-state index in [1.54, 1.807) is 0 Å². The number of nitrogens with two attached hydrogens (primary N) is 1. The molecular formula is C14H21NS. The Balaban J connectivity index is 1.99. The van der Waals surface area contributed by atoms with Crippen LogP contribution in [-0.4, -0.2) is 11.8 Å². The van der Waals surface area contributed by atoms with E-state index in [0.717, 1.165) is 17.7 Å². The molecule has 1 aromatic carbocycles. The monoisotopic (exact) mass is 235 g/mol. The third-order valence-electron chi connectivity index (χ3n) is 3.45. The molecule has 2 heteroatoms. The summed E-state index contributed by atoms with van der Waals surface area (Å²) in [4.78, 5) is 1.40. The first kappa shape index (κ1) is 12.0. The molecular weight excluding hydrogens is 214 g/mol. The van der Waals surface area contributed by atoms with Crippen LogP contribution >= 0.6 is 11.8 Å². The van der Waals surface area contributed by atoms with Gasteiger partial charge in [-0.15, -0.1) is 11.8 Å². The summed E-state index contributed by atoms with van der Waals surface area (Å²) in [5.74, 6) is 0.722. The van der Waals surface area contributed by atoms with Crippen molar-refractivity contribution in [1.29, 1.82) is 0 Å². The van der Waals surface area contributed by atoms with Gasteiger partial charge in [-0.2, -0.15) is 0 Å². The van der Waals surface area contributed by atoms with Crippen LogP contribution < -0.4 is 5.73 Å². The number of thioether (sulfide) groups is 1. The highest BCUT2D eigenvalue weighted by molar-refractivity contribution is 8.00. The standard InChI is InChI=1S/C14H21NS/c1-11-6-8-13(9-7-11)16-14-5-3-2-4-12(14)10-15/h6-9,12,14H,2-5,10,15H2,1H3. The van der Waals surface area contributed by atoms with Crippen LogP contribution in [0.25, 0.3) is 0 Å². The zero-order chi connectivity index (χ0) is 11.4. The molecule has 0 amide bonds. The van der Waals surface area contributed by atoms with E-state index >= 15 is 0 Å². The third-order valence-corrected chi connectivity index (χ3v) is 4.92. The van der Waals surface area contributed by atoms with E-state index in [1.807, 2.05) is 11.8 Å². The number of hydrogen-bond donors (Lipinski definition) is 1. The number of aryl methyl sites for hydroxylation is 1. The fourth-order valence-electron chi connectivity index (χ4n) is 2.39. The maximum Gasteiger partial charge on any atom is 0.0135 e. The minimum Gasteiger partial charge on any atom is -0.330 e. The molecule has 0 aromatic heterocycles. The van der Waals surface area contributed by atoms with E-state index in [9.17, 15) is 0 Å². The summed E-state index contributed by atoms with van der Waals surface area (Å²) in [7, 11) is 0. The number of hydrogen-bond acceptors (Lipinski definition) is 2. The lowest BCUT2D eigenvalue weighted by Crippen LogP contribution is -2.28. The normalized spacial score (nSPS) is 25.6. The molecule has 1 aliphatic carbocycles. The average Bonchev–Trinajstić information content (AvgIpc) is 2.33. The van der Waals surface area contributed by atoms with Crippen LogP contribution in [0.3, 0.4) is 0 Å². The van der Waals surface area contributed by atoms with E-state index in [1.165, 1.54) is 36.1 Å². The zero-order valence-electron chi connectivity index (χ0n) is 9.99. The van der Waals surface area contributed by atoms with Crippen molar-refractivity contribution in [2.75, 3.05) is 6.54 Å². The van der Waals surface area contributed by atoms with E-state index in [-0.39, 0.29) is 0 Å². The summed E-state index contributed by atoms with van der Waals surface area (Å²) < 4.78 is 0. The Kier molecular flexibility index (Phi) is 4.30. The van der Waals surface area contributed by atoms with Gasteiger partial charge in [0.2, 0.25) is 0 Å². The Morgan fingerprint density at radius 1 is 1.19 bits per heavy atom. The summed E-state index contributed by atoms with van der Waals surface area (Å²) in [6.45, 7) is 2.99. The summed E-state index contributed by atoms with van der Waals surface area (Å²) in [5.41, 5.74) is 7.19. The second-order valence-electron chi connectivity index (χ2n) is 4.75. The van der Waals surface area contributed by atoms with Gasteiger partial charge in [0.05, 0.1) is 0 Å². The topological polar surface area (TPSA) is 26.0 Å². The smallest absolute Gasteiger partial charge is 0.0135 e. The molecule has 0 bridgehead atoms. The molecule has 0 heterocycles. The lowest BCUT2D eigenvalue weighted by molar-refractivity contribution is 0.378. The molecule has 2 unspecified atom stereocenters. The largest absolute Gasteiger partial charge is 0.330 e. The van der Waals surface area contributed by atoms with Gasteiger partial charge in [0, 0.05) is 10.1 Å². The number of benzene rings is 1. The van der Waals surface area contributed by atoms with Crippen molar-refractivity contribution in [3.8, 4) is 0 Å². The molecule has 2 atom stereocenters. The first-order valence-electron chi connectivity index (χ1n) is 6.23. The lowest BCUT2D eigenvalue weighted by atomic mass is 9.89. The van der Waals surface area contributed by atoms with Crippen LogP contribution in [0, 0.1) is 12.8 Å². The van der Waals surface area contributed by atoms with Gasteiger partial charge in [0.25, 0.3) is 0 Å². The maximum absolute atomic E-state index is 5.86. The lowest BCUT2D eigenvalue weighted by Gasteiger charge is -2.30. The Morgan fingerprint density at radius 3 is 2.56 bits per heavy atom. The van der Waals surface area contributed by atoms with Gasteiger partial charge in [0.15, 0.2) is 0 Å². The van der Waals surface area contributed by atoms with Gasteiger partial charge in [0.1, 0.15) is 0 Å². The van der Waals surface area contributed by atoms with Crippen LogP contribution in [0.15, 0.2) is 29.2 Å². The minimum atomic E-state index is 0.722. The van der Waals surface area contributed by atoms with Crippen LogP contribution in [0.1, 0.15) is 31.2 Å². The molecule has 88 valence electrons. The van der Waals surface area contributed by atoms with Gasteiger partial charge in [-0.25, -0.2) is 0 Å². The molecule has 1 saturated carbocycles. The van der Waals surface area contributed by atoms with Gasteiger partial charge in [-0.1, -0.05) is 30.5 Å². The second kappa shape index (κ2) is 5.74. The molecule has 2 N–H and O–H groups in total. The first-order chi connectivity index (χ1) is 7.79. The Bertz CT molecular complexity index is 320. The van der Waals surface area contributed by atoms with Crippen molar-refractivity contribution in [2.45, 2.75) is 42.8 Å². The van der Waals surface area contributed by atoms with Crippen molar-refractivity contribution in [1.82, 2.24) is 0 Å². The Labute approximate surface area is 103 Å². The van der Waals surface area contributed by atoms with Crippen LogP contribution in [-0.2, 0) is 0 Å². The molecule has 0 saturated heterocycles. The van der Waals surface area contributed by atoms with Crippen molar-refractivity contribution in [3.63, 3.8) is 0 Å². The first-order valence-corrected chi connectivity index (χ1v) is 7.11. The molecule has 0 spiro atoms. The molecule has 1 aliphatic rings. The van der Waals surface area contributed by atoms with Gasteiger partial charge in [-0.05, 0) is 44.4 Å². The van der Waals surface area contributed by atoms with Crippen molar-refractivity contribution < 1.29 is 0 Å².